The highest BCUT2D eigenvalue weighted by Gasteiger charge is 2.26. The molecule has 76 valence electrons. The SMILES string of the molecule is CC(C(=O)NN)C(C)N1CCCC1. The van der Waals surface area contributed by atoms with Crippen molar-refractivity contribution in [1.82, 2.24) is 10.3 Å². The lowest BCUT2D eigenvalue weighted by Crippen LogP contribution is -2.45. The molecular weight excluding hydrogens is 166 g/mol. The molecule has 1 fully saturated rings. The first-order valence-electron chi connectivity index (χ1n) is 4.91. The van der Waals surface area contributed by atoms with Crippen LogP contribution in [0.3, 0.4) is 0 Å². The van der Waals surface area contributed by atoms with Crippen molar-refractivity contribution < 1.29 is 4.79 Å². The number of carbonyl (C=O) groups excluding carboxylic acids is 1. The largest absolute Gasteiger partial charge is 0.300 e. The van der Waals surface area contributed by atoms with Gasteiger partial charge in [-0.15, -0.1) is 0 Å². The summed E-state index contributed by atoms with van der Waals surface area (Å²) >= 11 is 0. The van der Waals surface area contributed by atoms with E-state index in [1.54, 1.807) is 0 Å². The molecule has 0 aromatic heterocycles. The van der Waals surface area contributed by atoms with E-state index in [1.165, 1.54) is 12.8 Å². The number of hydrogen-bond donors (Lipinski definition) is 2. The second-order valence-corrected chi connectivity index (χ2v) is 3.78. The summed E-state index contributed by atoms with van der Waals surface area (Å²) in [6.07, 6.45) is 2.50. The van der Waals surface area contributed by atoms with E-state index in [2.05, 4.69) is 17.2 Å². The predicted molar refractivity (Wildman–Crippen MR) is 51.8 cm³/mol. The van der Waals surface area contributed by atoms with Gasteiger partial charge in [-0.3, -0.25) is 15.1 Å². The summed E-state index contributed by atoms with van der Waals surface area (Å²) in [5, 5.41) is 0. The molecule has 3 N–H and O–H groups in total. The molecule has 0 aliphatic carbocycles. The Morgan fingerprint density at radius 1 is 1.38 bits per heavy atom. The standard InChI is InChI=1S/C9H19N3O/c1-7(9(13)11-10)8(2)12-5-3-4-6-12/h7-8H,3-6,10H2,1-2H3,(H,11,13). The van der Waals surface area contributed by atoms with Gasteiger partial charge in [-0.05, 0) is 32.9 Å². The number of nitrogens with one attached hydrogen (secondary N) is 1. The van der Waals surface area contributed by atoms with Gasteiger partial charge in [0.15, 0.2) is 0 Å². The van der Waals surface area contributed by atoms with Crippen molar-refractivity contribution in [2.45, 2.75) is 32.7 Å². The van der Waals surface area contributed by atoms with Crippen LogP contribution in [0.15, 0.2) is 0 Å². The lowest BCUT2D eigenvalue weighted by Gasteiger charge is -2.27. The zero-order valence-electron chi connectivity index (χ0n) is 8.42. The summed E-state index contributed by atoms with van der Waals surface area (Å²) in [5.74, 6) is 5.00. The molecule has 1 rings (SSSR count). The summed E-state index contributed by atoms with van der Waals surface area (Å²) in [6.45, 7) is 6.24. The van der Waals surface area contributed by atoms with Gasteiger partial charge >= 0.3 is 0 Å². The smallest absolute Gasteiger partial charge is 0.238 e. The van der Waals surface area contributed by atoms with Crippen molar-refractivity contribution in [3.05, 3.63) is 0 Å². The van der Waals surface area contributed by atoms with E-state index < -0.39 is 0 Å². The van der Waals surface area contributed by atoms with Gasteiger partial charge in [0, 0.05) is 6.04 Å². The Balaban J connectivity index is 2.45. The third kappa shape index (κ3) is 2.42. The number of hydrazine groups is 1. The van der Waals surface area contributed by atoms with E-state index in [4.69, 9.17) is 5.84 Å². The minimum Gasteiger partial charge on any atom is -0.300 e. The lowest BCUT2D eigenvalue weighted by molar-refractivity contribution is -0.126. The number of likely N-dealkylation sites (tertiary alicyclic amines) is 1. The number of nitrogens with zero attached hydrogens (tertiary/aromatic N) is 1. The van der Waals surface area contributed by atoms with Crippen LogP contribution in [0.1, 0.15) is 26.7 Å². The maximum atomic E-state index is 11.2. The predicted octanol–water partition coefficient (Wildman–Crippen LogP) is 0.0967. The first-order chi connectivity index (χ1) is 6.16. The monoisotopic (exact) mass is 185 g/mol. The first-order valence-corrected chi connectivity index (χ1v) is 4.91. The molecule has 1 amide bonds. The molecular formula is C9H19N3O. The minimum absolute atomic E-state index is 0.0249. The molecule has 13 heavy (non-hydrogen) atoms. The van der Waals surface area contributed by atoms with Crippen molar-refractivity contribution in [2.24, 2.45) is 11.8 Å². The molecule has 2 atom stereocenters. The third-order valence-electron chi connectivity index (χ3n) is 3.00. The number of amides is 1. The molecule has 4 nitrogen and oxygen atoms in total. The number of nitrogens with two attached hydrogens (primary N) is 1. The van der Waals surface area contributed by atoms with E-state index >= 15 is 0 Å². The number of carbonyl (C=O) groups is 1. The Kier molecular flexibility index (Phi) is 3.69. The number of rotatable bonds is 3. The molecule has 1 saturated heterocycles. The summed E-state index contributed by atoms with van der Waals surface area (Å²) in [4.78, 5) is 13.6. The van der Waals surface area contributed by atoms with E-state index in [0.717, 1.165) is 13.1 Å². The summed E-state index contributed by atoms with van der Waals surface area (Å²) in [5.41, 5.74) is 2.20. The molecule has 1 aliphatic heterocycles. The van der Waals surface area contributed by atoms with Gasteiger partial charge in [0.05, 0.1) is 5.92 Å². The van der Waals surface area contributed by atoms with Gasteiger partial charge < -0.3 is 0 Å². The van der Waals surface area contributed by atoms with Gasteiger partial charge in [-0.25, -0.2) is 5.84 Å². The fourth-order valence-electron chi connectivity index (χ4n) is 1.82. The molecule has 1 heterocycles. The van der Waals surface area contributed by atoms with Crippen LogP contribution in [-0.4, -0.2) is 29.9 Å². The Morgan fingerprint density at radius 3 is 2.38 bits per heavy atom. The van der Waals surface area contributed by atoms with Crippen molar-refractivity contribution in [2.75, 3.05) is 13.1 Å². The topological polar surface area (TPSA) is 58.4 Å². The van der Waals surface area contributed by atoms with Gasteiger partial charge in [-0.1, -0.05) is 6.92 Å². The molecule has 4 heteroatoms. The Hall–Kier alpha value is -0.610. The van der Waals surface area contributed by atoms with Crippen LogP contribution in [-0.2, 0) is 4.79 Å². The lowest BCUT2D eigenvalue weighted by atomic mass is 10.0. The van der Waals surface area contributed by atoms with E-state index in [-0.39, 0.29) is 11.8 Å². The molecule has 0 aromatic rings. The molecule has 0 saturated carbocycles. The van der Waals surface area contributed by atoms with Gasteiger partial charge in [0.1, 0.15) is 0 Å². The van der Waals surface area contributed by atoms with Gasteiger partial charge in [0.25, 0.3) is 0 Å². The van der Waals surface area contributed by atoms with Crippen molar-refractivity contribution >= 4 is 5.91 Å². The highest BCUT2D eigenvalue weighted by Crippen LogP contribution is 2.17. The first kappa shape index (κ1) is 10.5. The Labute approximate surface area is 79.4 Å². The van der Waals surface area contributed by atoms with Crippen LogP contribution >= 0.6 is 0 Å². The molecule has 0 aromatic carbocycles. The maximum Gasteiger partial charge on any atom is 0.238 e. The summed E-state index contributed by atoms with van der Waals surface area (Å²) in [7, 11) is 0. The molecule has 0 spiro atoms. The van der Waals surface area contributed by atoms with E-state index in [9.17, 15) is 4.79 Å². The highest BCUT2D eigenvalue weighted by atomic mass is 16.2. The Bertz CT molecular complexity index is 178. The highest BCUT2D eigenvalue weighted by molar-refractivity contribution is 5.78. The van der Waals surface area contributed by atoms with E-state index in [1.807, 2.05) is 6.92 Å². The third-order valence-corrected chi connectivity index (χ3v) is 3.00. The fourth-order valence-corrected chi connectivity index (χ4v) is 1.82. The van der Waals surface area contributed by atoms with Crippen molar-refractivity contribution in [1.29, 1.82) is 0 Å². The molecule has 0 bridgehead atoms. The normalized spacial score (nSPS) is 22.7. The summed E-state index contributed by atoms with van der Waals surface area (Å²) in [6, 6.07) is 0.297. The van der Waals surface area contributed by atoms with E-state index in [0.29, 0.717) is 6.04 Å². The Morgan fingerprint density at radius 2 is 1.92 bits per heavy atom. The summed E-state index contributed by atoms with van der Waals surface area (Å²) < 4.78 is 0. The molecule has 0 radical (unpaired) electrons. The fraction of sp³-hybridized carbons (Fsp3) is 0.889. The molecule has 2 unspecified atom stereocenters. The number of hydrogen-bond acceptors (Lipinski definition) is 3. The van der Waals surface area contributed by atoms with Crippen LogP contribution in [0.25, 0.3) is 0 Å². The maximum absolute atomic E-state index is 11.2. The van der Waals surface area contributed by atoms with Crippen LogP contribution in [0.4, 0.5) is 0 Å². The average Bonchev–Trinajstić information content (AvgIpc) is 2.67. The van der Waals surface area contributed by atoms with Crippen LogP contribution in [0.5, 0.6) is 0 Å². The second-order valence-electron chi connectivity index (χ2n) is 3.78. The average molecular weight is 185 g/mol. The van der Waals surface area contributed by atoms with Gasteiger partial charge in [-0.2, -0.15) is 0 Å². The second kappa shape index (κ2) is 4.58. The molecule has 1 aliphatic rings. The van der Waals surface area contributed by atoms with Crippen LogP contribution < -0.4 is 11.3 Å². The zero-order chi connectivity index (χ0) is 9.84. The van der Waals surface area contributed by atoms with Gasteiger partial charge in [0.2, 0.25) is 5.91 Å². The minimum atomic E-state index is -0.0700. The van der Waals surface area contributed by atoms with Crippen molar-refractivity contribution in [3.8, 4) is 0 Å². The quantitative estimate of drug-likeness (QED) is 0.372. The zero-order valence-corrected chi connectivity index (χ0v) is 8.42. The van der Waals surface area contributed by atoms with Crippen LogP contribution in [0, 0.1) is 5.92 Å². The van der Waals surface area contributed by atoms with Crippen LogP contribution in [0.2, 0.25) is 0 Å². The van der Waals surface area contributed by atoms with Crippen molar-refractivity contribution in [3.63, 3.8) is 0 Å².